The summed E-state index contributed by atoms with van der Waals surface area (Å²) in [6.07, 6.45) is 0.612. The zero-order valence-electron chi connectivity index (χ0n) is 22.8. The average molecular weight is 556 g/mol. The van der Waals surface area contributed by atoms with Crippen molar-refractivity contribution < 1.29 is 19.2 Å². The molecule has 1 heterocycles. The second-order valence-corrected chi connectivity index (χ2v) is 10.1. The molecule has 0 saturated carbocycles. The highest BCUT2D eigenvalue weighted by Gasteiger charge is 2.36. The molecule has 0 fully saturated rings. The lowest BCUT2D eigenvalue weighted by Crippen LogP contribution is -2.56. The third kappa shape index (κ3) is 7.80. The maximum Gasteiger partial charge on any atom is 0.246 e. The predicted molar refractivity (Wildman–Crippen MR) is 152 cm³/mol. The molecule has 0 aliphatic carbocycles. The lowest BCUT2D eigenvalue weighted by atomic mass is 9.92. The van der Waals surface area contributed by atoms with Gasteiger partial charge in [0.1, 0.15) is 12.1 Å². The normalized spacial score (nSPS) is 15.2. The van der Waals surface area contributed by atoms with Gasteiger partial charge < -0.3 is 26.2 Å². The molecule has 39 heavy (non-hydrogen) atoms. The number of carbonyl (C=O) groups is 4. The number of nitrogens with one attached hydrogen (secondary N) is 2. The molecule has 4 N–H and O–H groups in total. The van der Waals surface area contributed by atoms with Crippen LogP contribution in [0.2, 0.25) is 5.02 Å². The number of hydrogen-bond acceptors (Lipinski definition) is 5. The van der Waals surface area contributed by atoms with Gasteiger partial charge in [0.05, 0.1) is 0 Å². The topological polar surface area (TPSA) is 125 Å². The van der Waals surface area contributed by atoms with E-state index in [1.807, 2.05) is 45.0 Å². The van der Waals surface area contributed by atoms with Crippen molar-refractivity contribution in [2.45, 2.75) is 65.1 Å². The van der Waals surface area contributed by atoms with Crippen LogP contribution in [-0.4, -0.2) is 65.1 Å². The molecule has 10 heteroatoms. The van der Waals surface area contributed by atoms with Crippen LogP contribution in [0.3, 0.4) is 0 Å². The summed E-state index contributed by atoms with van der Waals surface area (Å²) in [6.45, 7) is 7.21. The van der Waals surface area contributed by atoms with Crippen molar-refractivity contribution in [1.29, 1.82) is 0 Å². The van der Waals surface area contributed by atoms with Gasteiger partial charge in [0, 0.05) is 49.6 Å². The van der Waals surface area contributed by atoms with E-state index in [2.05, 4.69) is 10.6 Å². The van der Waals surface area contributed by atoms with Crippen LogP contribution in [0.5, 0.6) is 0 Å². The van der Waals surface area contributed by atoms with Crippen LogP contribution in [0.4, 0.5) is 5.69 Å². The Morgan fingerprint density at radius 2 is 1.77 bits per heavy atom. The van der Waals surface area contributed by atoms with E-state index in [4.69, 9.17) is 17.3 Å². The van der Waals surface area contributed by atoms with Gasteiger partial charge in [-0.2, -0.15) is 0 Å². The Bertz CT molecular complexity index is 1200. The number of amides is 4. The minimum absolute atomic E-state index is 0.00388. The molecule has 3 rings (SSSR count). The van der Waals surface area contributed by atoms with E-state index in [0.717, 1.165) is 16.7 Å². The minimum Gasteiger partial charge on any atom is -0.343 e. The molecule has 2 aromatic carbocycles. The smallest absolute Gasteiger partial charge is 0.246 e. The molecule has 0 saturated heterocycles. The van der Waals surface area contributed by atoms with Gasteiger partial charge in [0.2, 0.25) is 23.6 Å². The third-order valence-electron chi connectivity index (χ3n) is 7.05. The van der Waals surface area contributed by atoms with E-state index >= 15 is 0 Å². The number of aryl methyl sites for hydroxylation is 1. The lowest BCUT2D eigenvalue weighted by molar-refractivity contribution is -0.144. The van der Waals surface area contributed by atoms with Gasteiger partial charge in [-0.25, -0.2) is 0 Å². The summed E-state index contributed by atoms with van der Waals surface area (Å²) in [5, 5.41) is 6.23. The fraction of sp³-hybridized carbons (Fsp3) is 0.448. The number of rotatable bonds is 11. The molecule has 0 radical (unpaired) electrons. The molecule has 2 atom stereocenters. The van der Waals surface area contributed by atoms with Crippen molar-refractivity contribution in [3.05, 3.63) is 64.2 Å². The number of anilines is 1. The van der Waals surface area contributed by atoms with Crippen molar-refractivity contribution in [1.82, 2.24) is 15.1 Å². The molecule has 9 nitrogen and oxygen atoms in total. The Morgan fingerprint density at radius 3 is 2.41 bits per heavy atom. The van der Waals surface area contributed by atoms with Gasteiger partial charge in [-0.1, -0.05) is 35.9 Å². The number of hydrogen-bond donors (Lipinski definition) is 3. The van der Waals surface area contributed by atoms with Crippen LogP contribution in [0.1, 0.15) is 49.8 Å². The zero-order valence-corrected chi connectivity index (χ0v) is 23.6. The molecule has 1 aliphatic rings. The van der Waals surface area contributed by atoms with Crippen molar-refractivity contribution in [3.8, 4) is 0 Å². The van der Waals surface area contributed by atoms with Gasteiger partial charge >= 0.3 is 0 Å². The summed E-state index contributed by atoms with van der Waals surface area (Å²) in [4.78, 5) is 55.7. The fourth-order valence-corrected chi connectivity index (χ4v) is 4.88. The molecular weight excluding hydrogens is 518 g/mol. The molecule has 2 aromatic rings. The maximum absolute atomic E-state index is 13.6. The summed E-state index contributed by atoms with van der Waals surface area (Å²) >= 11 is 6.09. The largest absolute Gasteiger partial charge is 0.343 e. The number of benzene rings is 2. The first-order valence-electron chi connectivity index (χ1n) is 13.4. The Labute approximate surface area is 235 Å². The molecule has 210 valence electrons. The van der Waals surface area contributed by atoms with E-state index in [1.165, 1.54) is 4.90 Å². The Balaban J connectivity index is 1.76. The van der Waals surface area contributed by atoms with Crippen LogP contribution < -0.4 is 16.4 Å². The summed E-state index contributed by atoms with van der Waals surface area (Å²) in [6, 6.07) is 11.1. The quantitative estimate of drug-likeness (QED) is 0.393. The molecule has 4 amide bonds. The van der Waals surface area contributed by atoms with Crippen LogP contribution in [0.15, 0.2) is 42.5 Å². The van der Waals surface area contributed by atoms with Gasteiger partial charge in [0.25, 0.3) is 0 Å². The van der Waals surface area contributed by atoms with Crippen LogP contribution in [0.25, 0.3) is 0 Å². The molecule has 0 aromatic heterocycles. The zero-order chi connectivity index (χ0) is 28.5. The highest BCUT2D eigenvalue weighted by Crippen LogP contribution is 2.25. The number of carbonyl (C=O) groups excluding carboxylic acids is 4. The summed E-state index contributed by atoms with van der Waals surface area (Å²) in [5.41, 5.74) is 9.05. The van der Waals surface area contributed by atoms with Crippen molar-refractivity contribution in [2.75, 3.05) is 25.0 Å². The first-order chi connectivity index (χ1) is 18.7. The van der Waals surface area contributed by atoms with Crippen molar-refractivity contribution in [3.63, 3.8) is 0 Å². The highest BCUT2D eigenvalue weighted by atomic mass is 35.5. The van der Waals surface area contributed by atoms with E-state index < -0.39 is 23.9 Å². The fourth-order valence-electron chi connectivity index (χ4n) is 4.77. The van der Waals surface area contributed by atoms with Crippen molar-refractivity contribution in [2.24, 2.45) is 5.73 Å². The second-order valence-electron chi connectivity index (χ2n) is 9.67. The second kappa shape index (κ2) is 14.1. The van der Waals surface area contributed by atoms with Gasteiger partial charge in [-0.15, -0.1) is 0 Å². The Kier molecular flexibility index (Phi) is 10.9. The van der Waals surface area contributed by atoms with Crippen LogP contribution in [0, 0.1) is 6.92 Å². The van der Waals surface area contributed by atoms with Crippen LogP contribution in [-0.2, 0) is 32.1 Å². The van der Waals surface area contributed by atoms with Gasteiger partial charge in [-0.05, 0) is 68.6 Å². The number of halogens is 1. The lowest BCUT2D eigenvalue weighted by Gasteiger charge is -2.37. The average Bonchev–Trinajstić information content (AvgIpc) is 2.93. The van der Waals surface area contributed by atoms with E-state index in [0.29, 0.717) is 30.2 Å². The monoisotopic (exact) mass is 555 g/mol. The standard InChI is InChI=1S/C29H38ClN5O4/c1-4-34(5-2)26(36)12-13-27(37)35-18-21-9-7-6-8-20(21)17-25(35)29(39)33-24(14-15-31)28(38)32-22-10-11-23(30)19(3)16-22/h6-11,16,24-25H,4-5,12-15,17-18,31H2,1-3H3,(H,32,38)(H,33,39)/t24-,25-/m0/s1. The van der Waals surface area contributed by atoms with E-state index in [1.54, 1.807) is 23.1 Å². The Hall–Kier alpha value is -3.43. The molecule has 0 spiro atoms. The number of nitrogens with zero attached hydrogens (tertiary/aromatic N) is 2. The first kappa shape index (κ1) is 30.1. The third-order valence-corrected chi connectivity index (χ3v) is 7.48. The van der Waals surface area contributed by atoms with E-state index in [-0.39, 0.29) is 44.2 Å². The highest BCUT2D eigenvalue weighted by molar-refractivity contribution is 6.31. The maximum atomic E-state index is 13.6. The number of fused-ring (bicyclic) bond motifs is 1. The molecule has 0 bridgehead atoms. The minimum atomic E-state index is -0.892. The summed E-state index contributed by atoms with van der Waals surface area (Å²) < 4.78 is 0. The van der Waals surface area contributed by atoms with Crippen molar-refractivity contribution >= 4 is 40.9 Å². The van der Waals surface area contributed by atoms with E-state index in [9.17, 15) is 19.2 Å². The number of nitrogens with two attached hydrogens (primary N) is 1. The summed E-state index contributed by atoms with van der Waals surface area (Å²) in [5.74, 6) is -1.21. The summed E-state index contributed by atoms with van der Waals surface area (Å²) in [7, 11) is 0. The van der Waals surface area contributed by atoms with Gasteiger partial charge in [0.15, 0.2) is 0 Å². The van der Waals surface area contributed by atoms with Crippen LogP contribution >= 0.6 is 11.6 Å². The molecule has 0 unspecified atom stereocenters. The molecular formula is C29H38ClN5O4. The van der Waals surface area contributed by atoms with Gasteiger partial charge in [-0.3, -0.25) is 19.2 Å². The Morgan fingerprint density at radius 1 is 1.08 bits per heavy atom. The SMILES string of the molecule is CCN(CC)C(=O)CCC(=O)N1Cc2ccccc2C[C@H]1C(=O)N[C@@H](CCN)C(=O)Nc1ccc(Cl)c(C)c1. The first-order valence-corrected chi connectivity index (χ1v) is 13.8. The molecule has 1 aliphatic heterocycles. The predicted octanol–water partition coefficient (Wildman–Crippen LogP) is 3.02.